The first kappa shape index (κ1) is 57.8. The van der Waals surface area contributed by atoms with Crippen LogP contribution >= 0.6 is 11.6 Å². The Kier molecular flexibility index (Phi) is 15.5. The number of anilines is 1. The van der Waals surface area contributed by atoms with Gasteiger partial charge in [0.15, 0.2) is 17.3 Å². The van der Waals surface area contributed by atoms with Crippen molar-refractivity contribution >= 4 is 87.9 Å². The molecule has 0 atom stereocenters. The van der Waals surface area contributed by atoms with Crippen LogP contribution in [0.3, 0.4) is 0 Å². The zero-order chi connectivity index (χ0) is 58.7. The number of ketones is 3. The number of Topliss-reactive ketones (excluding diaryl/α,β-unsaturated/α-hetero) is 3. The van der Waals surface area contributed by atoms with E-state index < -0.39 is 30.1 Å². The normalized spacial score (nSPS) is 17.3. The fraction of sp³-hybridized carbons (Fsp3) is 0.154. The van der Waals surface area contributed by atoms with Gasteiger partial charge in [0.1, 0.15) is 6.61 Å². The molecule has 20 heteroatoms. The molecule has 7 aliphatic rings. The number of hydrogen-bond acceptors (Lipinski definition) is 12. The second-order valence-electron chi connectivity index (χ2n) is 20.6. The van der Waals surface area contributed by atoms with E-state index in [-0.39, 0.29) is 52.2 Å². The zero-order valence-corrected chi connectivity index (χ0v) is 47.9. The highest BCUT2D eigenvalue weighted by Gasteiger charge is 2.39. The van der Waals surface area contributed by atoms with E-state index in [9.17, 15) is 44.4 Å². The summed E-state index contributed by atoms with van der Waals surface area (Å²) < 4.78 is 90.2. The maximum Gasteiger partial charge on any atom is 0.410 e. The fourth-order valence-electron chi connectivity index (χ4n) is 11.1. The van der Waals surface area contributed by atoms with Crippen LogP contribution in [0.1, 0.15) is 83.0 Å². The summed E-state index contributed by atoms with van der Waals surface area (Å²) in [6.45, 7) is 4.48. The van der Waals surface area contributed by atoms with Gasteiger partial charge in [-0.25, -0.2) is 4.79 Å². The molecule has 16 nitrogen and oxygen atoms in total. The number of nitrogens with zero attached hydrogens (tertiary/aromatic N) is 5. The lowest BCUT2D eigenvalue weighted by Gasteiger charge is -2.36. The molecule has 4 heterocycles. The molecule has 0 radical (unpaired) electrons. The minimum atomic E-state index is -3.79. The predicted molar refractivity (Wildman–Crippen MR) is 325 cm³/mol. The monoisotopic (exact) mass is 1210 g/mol. The van der Waals surface area contributed by atoms with E-state index in [0.29, 0.717) is 118 Å². The van der Waals surface area contributed by atoms with E-state index in [4.69, 9.17) is 16.3 Å². The lowest BCUT2D eigenvalue weighted by Crippen LogP contribution is -2.49. The molecule has 1 saturated heterocycles. The average Bonchev–Trinajstić information content (AvgIpc) is 1.72. The number of hydrogen-bond donors (Lipinski definition) is 0. The Morgan fingerprint density at radius 1 is 0.494 bits per heavy atom. The summed E-state index contributed by atoms with van der Waals surface area (Å²) in [5.74, 6) is -0.491. The number of piperazine rings is 1. The number of allylic oxidation sites excluding steroid dienone is 6. The Balaban J connectivity index is 0.000000139. The Morgan fingerprint density at radius 3 is 1.39 bits per heavy atom. The number of para-hydroxylation sites is 1. The lowest BCUT2D eigenvalue weighted by atomic mass is 9.86. The number of carbonyl (C=O) groups is 4. The van der Waals surface area contributed by atoms with Crippen LogP contribution in [0, 0.1) is 6.92 Å². The van der Waals surface area contributed by atoms with Crippen LogP contribution in [-0.4, -0.2) is 96.9 Å². The zero-order valence-electron chi connectivity index (χ0n) is 44.7. The molecule has 7 aromatic rings. The predicted octanol–water partition coefficient (Wildman–Crippen LogP) is 10.7. The lowest BCUT2D eigenvalue weighted by molar-refractivity contribution is 0.0940. The maximum atomic E-state index is 13.3. The first-order chi connectivity index (χ1) is 40.3. The van der Waals surface area contributed by atoms with Crippen molar-refractivity contribution in [1.82, 2.24) is 4.90 Å². The minimum Gasteiger partial charge on any atom is -0.445 e. The van der Waals surface area contributed by atoms with Crippen LogP contribution in [0.2, 0.25) is 5.02 Å². The van der Waals surface area contributed by atoms with Crippen molar-refractivity contribution in [3.05, 3.63) is 259 Å². The van der Waals surface area contributed by atoms with E-state index >= 15 is 0 Å². The SMILES string of the molecule is C.Cc1ccc(CC2=CC3=NS(=O)(=O)c4cccc(c43)C2=O)c(Cl)c1.O=C1C(Cc2ccccc2)=CC2=NS(=O)(=O)c3cccc1c32.O=C1C(Cc2ccccc2N2CCN(C(=O)OCc3ccccc3)CC2)=CC2=NS(=O)(=O)c3cccc1c32. The molecule has 428 valence electrons. The maximum absolute atomic E-state index is 13.3. The van der Waals surface area contributed by atoms with Crippen LogP contribution in [0.5, 0.6) is 0 Å². The molecule has 1 amide bonds. The third-order valence-corrected chi connectivity index (χ3v) is 19.5. The van der Waals surface area contributed by atoms with Gasteiger partial charge in [0.2, 0.25) is 0 Å². The van der Waals surface area contributed by atoms with E-state index in [1.807, 2.05) is 110 Å². The number of amides is 1. The van der Waals surface area contributed by atoms with Crippen molar-refractivity contribution in [2.75, 3.05) is 31.1 Å². The van der Waals surface area contributed by atoms with E-state index in [1.165, 1.54) is 18.2 Å². The summed E-state index contributed by atoms with van der Waals surface area (Å²) in [6.07, 6.45) is 5.59. The Hall–Kier alpha value is -9.01. The first-order valence-corrected chi connectivity index (χ1v) is 31.3. The number of sulfonamides is 3. The van der Waals surface area contributed by atoms with Crippen molar-refractivity contribution in [2.45, 2.75) is 54.9 Å². The molecule has 4 aliphatic heterocycles. The topological polar surface area (TPSA) is 223 Å². The van der Waals surface area contributed by atoms with Crippen LogP contribution in [0.25, 0.3) is 0 Å². The van der Waals surface area contributed by atoms with Crippen molar-refractivity contribution in [2.24, 2.45) is 13.2 Å². The van der Waals surface area contributed by atoms with Gasteiger partial charge in [-0.15, -0.1) is 0 Å². The molecule has 0 spiro atoms. The molecule has 1 fully saturated rings. The molecule has 14 rings (SSSR count). The smallest absolute Gasteiger partial charge is 0.410 e. The van der Waals surface area contributed by atoms with Crippen molar-refractivity contribution < 1.29 is 49.2 Å². The summed E-state index contributed by atoms with van der Waals surface area (Å²) in [4.78, 5) is 55.6. The second kappa shape index (κ2) is 22.9. The molecule has 0 bridgehead atoms. The molecular weight excluding hydrogens is 1160 g/mol. The van der Waals surface area contributed by atoms with Crippen molar-refractivity contribution in [1.29, 1.82) is 0 Å². The Labute approximate surface area is 497 Å². The van der Waals surface area contributed by atoms with E-state index in [1.54, 1.807) is 59.5 Å². The fourth-order valence-corrected chi connectivity index (χ4v) is 15.1. The van der Waals surface area contributed by atoms with Gasteiger partial charge in [0.05, 0.1) is 31.8 Å². The summed E-state index contributed by atoms with van der Waals surface area (Å²) >= 11 is 6.26. The Bertz CT molecular complexity index is 4570. The number of aryl methyl sites for hydroxylation is 1. The van der Waals surface area contributed by atoms with E-state index in [0.717, 1.165) is 33.5 Å². The van der Waals surface area contributed by atoms with Crippen molar-refractivity contribution in [3.8, 4) is 0 Å². The molecular formula is C65H52ClN5O11S3. The van der Waals surface area contributed by atoms with Gasteiger partial charge in [-0.3, -0.25) is 14.4 Å². The number of halogens is 1. The number of carbonyl (C=O) groups excluding carboxylic acids is 4. The minimum absolute atomic E-state index is 0. The van der Waals surface area contributed by atoms with Gasteiger partial charge in [-0.05, 0) is 83.3 Å². The van der Waals surface area contributed by atoms with Crippen LogP contribution in [0.15, 0.2) is 221 Å². The third kappa shape index (κ3) is 11.2. The van der Waals surface area contributed by atoms with Crippen LogP contribution in [-0.2, 0) is 60.7 Å². The second-order valence-corrected chi connectivity index (χ2v) is 25.8. The first-order valence-electron chi connectivity index (χ1n) is 26.6. The van der Waals surface area contributed by atoms with Crippen molar-refractivity contribution in [3.63, 3.8) is 0 Å². The molecule has 85 heavy (non-hydrogen) atoms. The average molecular weight is 1210 g/mol. The van der Waals surface area contributed by atoms with Gasteiger partial charge >= 0.3 is 6.09 Å². The molecule has 7 aromatic carbocycles. The van der Waals surface area contributed by atoms with Crippen LogP contribution in [0.4, 0.5) is 10.5 Å². The summed E-state index contributed by atoms with van der Waals surface area (Å²) in [6, 6.07) is 46.9. The number of ether oxygens (including phenoxy) is 1. The number of rotatable bonds is 9. The number of benzene rings is 7. The van der Waals surface area contributed by atoms with Gasteiger partial charge in [0.25, 0.3) is 30.1 Å². The van der Waals surface area contributed by atoms with Gasteiger partial charge in [0, 0.05) is 106 Å². The molecule has 0 saturated carbocycles. The highest BCUT2D eigenvalue weighted by molar-refractivity contribution is 7.91. The summed E-state index contributed by atoms with van der Waals surface area (Å²) in [7, 11) is -11.2. The highest BCUT2D eigenvalue weighted by atomic mass is 35.5. The molecule has 0 aromatic heterocycles. The highest BCUT2D eigenvalue weighted by Crippen LogP contribution is 2.39. The standard InChI is InChI=1S/C29H25N3O5S.C18H12ClNO3S.C17H11NO3S.CH4/c33-28-22(18-24-27-23(28)10-6-12-26(27)38(35,36)30-24)17-21-9-4-5-11-25(21)31-13-15-32(16-14-31)29(34)37-19-20-7-2-1-3-8-20;1-10-5-6-11(14(19)7-10)8-12-9-15-17-13(18(12)21)3-2-4-16(17)24(22,23)20-15;19-17-12(9-11-5-2-1-3-6-11)10-14-16-13(17)7-4-8-15(16)22(20,21)18-14;/h1-12,18H,13-17,19H2;2-7,9H,8H2,1H3;1-8,10H,9H2;1H4. The van der Waals surface area contributed by atoms with Gasteiger partial charge < -0.3 is 14.5 Å². The molecule has 0 unspecified atom stereocenters. The molecule has 3 aliphatic carbocycles. The summed E-state index contributed by atoms with van der Waals surface area (Å²) in [5.41, 5.74) is 10.8. The van der Waals surface area contributed by atoms with Gasteiger partial charge in [-0.1, -0.05) is 146 Å². The third-order valence-electron chi connectivity index (χ3n) is 15.2. The van der Waals surface area contributed by atoms with Crippen LogP contribution < -0.4 is 4.90 Å². The molecule has 0 N–H and O–H groups in total. The summed E-state index contributed by atoms with van der Waals surface area (Å²) in [5, 5.41) is 0.587. The Morgan fingerprint density at radius 2 is 0.918 bits per heavy atom. The van der Waals surface area contributed by atoms with Gasteiger partial charge in [-0.2, -0.15) is 38.4 Å². The quantitative estimate of drug-likeness (QED) is 0.132. The van der Waals surface area contributed by atoms with E-state index in [2.05, 4.69) is 18.1 Å². The largest absolute Gasteiger partial charge is 0.445 e.